The quantitative estimate of drug-likeness (QED) is 0.284. The van der Waals surface area contributed by atoms with E-state index in [2.05, 4.69) is 55.0 Å². The minimum absolute atomic E-state index is 0.0541. The number of hydrogen-bond acceptors (Lipinski definition) is 2. The van der Waals surface area contributed by atoms with Gasteiger partial charge in [0.25, 0.3) is 0 Å². The Balaban J connectivity index is 1.50. The van der Waals surface area contributed by atoms with Crippen molar-refractivity contribution in [2.24, 2.45) is 56.7 Å². The van der Waals surface area contributed by atoms with Crippen molar-refractivity contribution in [1.82, 2.24) is 0 Å². The zero-order valence-corrected chi connectivity index (χ0v) is 23.6. The number of rotatable bonds is 1. The molecule has 0 saturated heterocycles. The first-order valence-electron chi connectivity index (χ1n) is 14.6. The first-order chi connectivity index (χ1) is 15.7. The molecule has 0 amide bonds. The Labute approximate surface area is 210 Å². The number of allylic oxidation sites excluding steroid dienone is 1. The van der Waals surface area contributed by atoms with E-state index in [1.54, 1.807) is 6.92 Å². The van der Waals surface area contributed by atoms with Gasteiger partial charge in [0.2, 0.25) is 0 Å². The molecule has 0 bridgehead atoms. The Hall–Kier alpha value is -0.790. The number of esters is 1. The van der Waals surface area contributed by atoms with Crippen molar-refractivity contribution >= 4 is 5.97 Å². The van der Waals surface area contributed by atoms with E-state index in [1.807, 2.05) is 0 Å². The molecule has 0 aromatic rings. The van der Waals surface area contributed by atoms with Crippen molar-refractivity contribution in [1.29, 1.82) is 0 Å². The Morgan fingerprint density at radius 2 is 1.56 bits per heavy atom. The maximum Gasteiger partial charge on any atom is 0.302 e. The molecule has 0 spiro atoms. The minimum Gasteiger partial charge on any atom is -0.462 e. The molecule has 5 saturated carbocycles. The largest absolute Gasteiger partial charge is 0.462 e. The highest BCUT2D eigenvalue weighted by atomic mass is 16.5. The first-order valence-corrected chi connectivity index (χ1v) is 14.6. The van der Waals surface area contributed by atoms with Crippen LogP contribution in [0.25, 0.3) is 0 Å². The molecule has 5 rings (SSSR count). The molecule has 5 aliphatic rings. The summed E-state index contributed by atoms with van der Waals surface area (Å²) in [5, 5.41) is 0. The van der Waals surface area contributed by atoms with Gasteiger partial charge in [-0.1, -0.05) is 60.6 Å². The standard InChI is InChI=1S/C32H52O2/c1-20-12-15-29(6)18-19-31(8)23(27(29)21(20)2)10-11-25-30(7)16-14-26(34-22(3)33)28(4,5)24(30)13-17-32(25,31)9/h21,23-27H,1,10-19H2,2-9H3/t21-,23-,24-,25-,26+,27-,29-,30+,31-,32-/m1/s1. The molecule has 0 aromatic carbocycles. The van der Waals surface area contributed by atoms with E-state index >= 15 is 0 Å². The normalized spacial score (nSPS) is 54.2. The van der Waals surface area contributed by atoms with E-state index in [0.717, 1.165) is 24.2 Å². The predicted molar refractivity (Wildman–Crippen MR) is 140 cm³/mol. The summed E-state index contributed by atoms with van der Waals surface area (Å²) in [7, 11) is 0. The summed E-state index contributed by atoms with van der Waals surface area (Å²) in [6, 6.07) is 0. The van der Waals surface area contributed by atoms with Crippen LogP contribution in [0.4, 0.5) is 0 Å². The van der Waals surface area contributed by atoms with Gasteiger partial charge in [0.15, 0.2) is 0 Å². The molecule has 0 heterocycles. The molecular formula is C32H52O2. The molecule has 2 heteroatoms. The molecule has 2 nitrogen and oxygen atoms in total. The van der Waals surface area contributed by atoms with Crippen LogP contribution < -0.4 is 0 Å². The van der Waals surface area contributed by atoms with Crippen LogP contribution in [0.2, 0.25) is 0 Å². The number of hydrogen-bond donors (Lipinski definition) is 0. The third-order valence-corrected chi connectivity index (χ3v) is 13.8. The maximum atomic E-state index is 11.9. The second kappa shape index (κ2) is 7.61. The van der Waals surface area contributed by atoms with Gasteiger partial charge in [-0.3, -0.25) is 4.79 Å². The monoisotopic (exact) mass is 468 g/mol. The van der Waals surface area contributed by atoms with Gasteiger partial charge in [0.1, 0.15) is 6.10 Å². The smallest absolute Gasteiger partial charge is 0.302 e. The summed E-state index contributed by atoms with van der Waals surface area (Å²) >= 11 is 0. The van der Waals surface area contributed by atoms with E-state index in [4.69, 9.17) is 4.74 Å². The topological polar surface area (TPSA) is 26.3 Å². The van der Waals surface area contributed by atoms with Gasteiger partial charge in [-0.05, 0) is 115 Å². The maximum absolute atomic E-state index is 11.9. The lowest BCUT2D eigenvalue weighted by Crippen LogP contribution is -2.67. The van der Waals surface area contributed by atoms with Crippen LogP contribution in [0, 0.1) is 56.7 Å². The Kier molecular flexibility index (Phi) is 5.57. The van der Waals surface area contributed by atoms with Crippen LogP contribution in [-0.4, -0.2) is 12.1 Å². The molecule has 10 atom stereocenters. The van der Waals surface area contributed by atoms with Gasteiger partial charge in [-0.2, -0.15) is 0 Å². The molecule has 5 fully saturated rings. The van der Waals surface area contributed by atoms with Crippen molar-refractivity contribution < 1.29 is 9.53 Å². The molecule has 0 unspecified atom stereocenters. The molecule has 5 aliphatic carbocycles. The van der Waals surface area contributed by atoms with Crippen molar-refractivity contribution in [2.45, 2.75) is 126 Å². The zero-order valence-electron chi connectivity index (χ0n) is 23.6. The van der Waals surface area contributed by atoms with Gasteiger partial charge in [-0.15, -0.1) is 0 Å². The lowest BCUT2D eigenvalue weighted by Gasteiger charge is -2.73. The molecular weight excluding hydrogens is 416 g/mol. The second-order valence-corrected chi connectivity index (χ2v) is 15.3. The Morgan fingerprint density at radius 3 is 2.24 bits per heavy atom. The highest BCUT2D eigenvalue weighted by molar-refractivity contribution is 5.66. The number of carbonyl (C=O) groups is 1. The molecule has 0 N–H and O–H groups in total. The molecule has 0 aromatic heterocycles. The molecule has 0 radical (unpaired) electrons. The van der Waals surface area contributed by atoms with Gasteiger partial charge < -0.3 is 4.74 Å². The Morgan fingerprint density at radius 1 is 0.853 bits per heavy atom. The fourth-order valence-corrected chi connectivity index (χ4v) is 11.8. The van der Waals surface area contributed by atoms with E-state index in [-0.39, 0.29) is 17.5 Å². The van der Waals surface area contributed by atoms with Crippen molar-refractivity contribution in [3.63, 3.8) is 0 Å². The average Bonchev–Trinajstić information content (AvgIpc) is 2.74. The highest BCUT2D eigenvalue weighted by Crippen LogP contribution is 2.77. The summed E-state index contributed by atoms with van der Waals surface area (Å²) < 4.78 is 5.91. The van der Waals surface area contributed by atoms with Crippen molar-refractivity contribution in [2.75, 3.05) is 0 Å². The first kappa shape index (κ1) is 24.9. The molecule has 0 aliphatic heterocycles. The van der Waals surface area contributed by atoms with E-state index in [1.165, 1.54) is 63.4 Å². The highest BCUT2D eigenvalue weighted by Gasteiger charge is 2.70. The van der Waals surface area contributed by atoms with Crippen LogP contribution in [0.15, 0.2) is 12.2 Å². The summed E-state index contributed by atoms with van der Waals surface area (Å²) in [5.41, 5.74) is 3.28. The zero-order chi connectivity index (χ0) is 24.9. The van der Waals surface area contributed by atoms with Crippen LogP contribution in [-0.2, 0) is 9.53 Å². The molecule has 192 valence electrons. The van der Waals surface area contributed by atoms with Gasteiger partial charge in [0.05, 0.1) is 0 Å². The van der Waals surface area contributed by atoms with E-state index < -0.39 is 0 Å². The van der Waals surface area contributed by atoms with E-state index in [9.17, 15) is 4.79 Å². The molecule has 34 heavy (non-hydrogen) atoms. The minimum atomic E-state index is -0.108. The lowest BCUT2D eigenvalue weighted by atomic mass is 9.31. The van der Waals surface area contributed by atoms with Gasteiger partial charge in [-0.25, -0.2) is 0 Å². The summed E-state index contributed by atoms with van der Waals surface area (Å²) in [6.45, 7) is 24.2. The number of carbonyl (C=O) groups excluding carboxylic acids is 1. The SMILES string of the molecule is C=C1CC[C@]2(C)CC[C@]3(C)[C@H](CC[C@@H]4[C@@]5(C)CC[C@H](OC(C)=O)C(C)(C)[C@H]5CC[C@]43C)[C@H]2[C@@H]1C. The van der Waals surface area contributed by atoms with Crippen LogP contribution in [0.3, 0.4) is 0 Å². The third kappa shape index (κ3) is 3.08. The average molecular weight is 469 g/mol. The van der Waals surface area contributed by atoms with Crippen molar-refractivity contribution in [3.8, 4) is 0 Å². The predicted octanol–water partition coefficient (Wildman–Crippen LogP) is 8.60. The third-order valence-electron chi connectivity index (χ3n) is 13.8. The van der Waals surface area contributed by atoms with Crippen LogP contribution in [0.5, 0.6) is 0 Å². The van der Waals surface area contributed by atoms with Crippen LogP contribution >= 0.6 is 0 Å². The van der Waals surface area contributed by atoms with E-state index in [0.29, 0.717) is 33.5 Å². The summed E-state index contributed by atoms with van der Waals surface area (Å²) in [6.07, 6.45) is 13.2. The lowest BCUT2D eigenvalue weighted by molar-refractivity contribution is -0.253. The number of ether oxygens (including phenoxy) is 1. The second-order valence-electron chi connectivity index (χ2n) is 15.3. The fraction of sp³-hybridized carbons (Fsp3) is 0.906. The number of fused-ring (bicyclic) bond motifs is 7. The summed E-state index contributed by atoms with van der Waals surface area (Å²) in [4.78, 5) is 11.9. The van der Waals surface area contributed by atoms with Gasteiger partial charge in [0, 0.05) is 12.3 Å². The Bertz CT molecular complexity index is 872. The fourth-order valence-electron chi connectivity index (χ4n) is 11.8. The summed E-state index contributed by atoms with van der Waals surface area (Å²) in [5.74, 6) is 3.64. The van der Waals surface area contributed by atoms with Crippen LogP contribution in [0.1, 0.15) is 120 Å². The van der Waals surface area contributed by atoms with Gasteiger partial charge >= 0.3 is 5.97 Å². The van der Waals surface area contributed by atoms with Crippen molar-refractivity contribution in [3.05, 3.63) is 12.2 Å².